The van der Waals surface area contributed by atoms with Gasteiger partial charge in [0, 0.05) is 37.8 Å². The topological polar surface area (TPSA) is 81.5 Å². The number of carbonyl (C=O) groups excluding carboxylic acids is 2. The highest BCUT2D eigenvalue weighted by atomic mass is 32.2. The second kappa shape index (κ2) is 10.8. The highest BCUT2D eigenvalue weighted by molar-refractivity contribution is 7.99. The Morgan fingerprint density at radius 1 is 1.28 bits per heavy atom. The first-order chi connectivity index (χ1) is 15.3. The standard InChI is InChI=1S/C23H28FN3O4S/c1-4-31-22(30)17-6-5-11-27(13-17)20(28)14-32-23-25-15(2)19(21(29)26(23)3)12-16-7-9-18(24)10-8-16/h7-10,17H,4-6,11-14H2,1-3H3. The quantitative estimate of drug-likeness (QED) is 0.358. The molecule has 0 saturated carbocycles. The molecular formula is C23H28FN3O4S. The number of esters is 1. The van der Waals surface area contributed by atoms with Crippen LogP contribution in [0.3, 0.4) is 0 Å². The van der Waals surface area contributed by atoms with E-state index in [9.17, 15) is 18.8 Å². The smallest absolute Gasteiger partial charge is 0.310 e. The van der Waals surface area contributed by atoms with E-state index in [1.807, 2.05) is 0 Å². The second-order valence-corrected chi connectivity index (χ2v) is 8.79. The van der Waals surface area contributed by atoms with E-state index in [4.69, 9.17) is 4.74 Å². The van der Waals surface area contributed by atoms with Crippen LogP contribution in [0.5, 0.6) is 0 Å². The van der Waals surface area contributed by atoms with Crippen molar-refractivity contribution in [2.75, 3.05) is 25.4 Å². The van der Waals surface area contributed by atoms with Crippen molar-refractivity contribution in [3.05, 3.63) is 57.3 Å². The van der Waals surface area contributed by atoms with E-state index in [-0.39, 0.29) is 34.9 Å². The lowest BCUT2D eigenvalue weighted by molar-refractivity contribution is -0.151. The highest BCUT2D eigenvalue weighted by Gasteiger charge is 2.29. The SMILES string of the molecule is CCOC(=O)C1CCCN(C(=O)CSc2nc(C)c(Cc3ccc(F)cc3)c(=O)n2C)C1. The zero-order chi connectivity index (χ0) is 23.3. The average Bonchev–Trinajstić information content (AvgIpc) is 2.79. The van der Waals surface area contributed by atoms with Crippen molar-refractivity contribution in [3.8, 4) is 0 Å². The number of amides is 1. The lowest BCUT2D eigenvalue weighted by atomic mass is 9.98. The number of thioether (sulfide) groups is 1. The molecule has 1 aromatic carbocycles. The zero-order valence-electron chi connectivity index (χ0n) is 18.6. The van der Waals surface area contributed by atoms with E-state index < -0.39 is 0 Å². The van der Waals surface area contributed by atoms with Crippen LogP contribution in [-0.2, 0) is 27.8 Å². The maximum absolute atomic E-state index is 13.1. The summed E-state index contributed by atoms with van der Waals surface area (Å²) in [6.45, 7) is 4.83. The number of piperidine rings is 1. The van der Waals surface area contributed by atoms with Crippen LogP contribution in [0, 0.1) is 18.7 Å². The van der Waals surface area contributed by atoms with Crippen LogP contribution in [0.1, 0.15) is 36.6 Å². The van der Waals surface area contributed by atoms with Crippen LogP contribution < -0.4 is 5.56 Å². The molecule has 172 valence electrons. The molecule has 1 aromatic heterocycles. The summed E-state index contributed by atoms with van der Waals surface area (Å²) in [6.07, 6.45) is 1.84. The van der Waals surface area contributed by atoms with Crippen molar-refractivity contribution in [2.45, 2.75) is 38.3 Å². The van der Waals surface area contributed by atoms with Gasteiger partial charge < -0.3 is 9.64 Å². The summed E-state index contributed by atoms with van der Waals surface area (Å²) in [7, 11) is 1.63. The normalized spacial score (nSPS) is 16.1. The Kier molecular flexibility index (Phi) is 8.06. The summed E-state index contributed by atoms with van der Waals surface area (Å²) in [6, 6.07) is 6.03. The molecule has 1 aliphatic heterocycles. The Labute approximate surface area is 191 Å². The molecular weight excluding hydrogens is 433 g/mol. The molecule has 7 nitrogen and oxygen atoms in total. The molecule has 2 aromatic rings. The molecule has 0 bridgehead atoms. The van der Waals surface area contributed by atoms with Crippen molar-refractivity contribution in [1.29, 1.82) is 0 Å². The summed E-state index contributed by atoms with van der Waals surface area (Å²) in [5.41, 5.74) is 1.78. The number of aromatic nitrogens is 2. The Morgan fingerprint density at radius 2 is 2.00 bits per heavy atom. The van der Waals surface area contributed by atoms with E-state index in [0.29, 0.717) is 42.5 Å². The molecule has 9 heteroatoms. The van der Waals surface area contributed by atoms with Crippen LogP contribution in [-0.4, -0.2) is 51.8 Å². The number of likely N-dealkylation sites (tertiary alicyclic amines) is 1. The first-order valence-electron chi connectivity index (χ1n) is 10.7. The van der Waals surface area contributed by atoms with Crippen molar-refractivity contribution in [1.82, 2.24) is 14.5 Å². The van der Waals surface area contributed by atoms with E-state index in [1.165, 1.54) is 28.5 Å². The summed E-state index contributed by atoms with van der Waals surface area (Å²) < 4.78 is 19.7. The summed E-state index contributed by atoms with van der Waals surface area (Å²) in [4.78, 5) is 43.9. The number of halogens is 1. The van der Waals surface area contributed by atoms with Crippen LogP contribution in [0.4, 0.5) is 4.39 Å². The number of nitrogens with zero attached hydrogens (tertiary/aromatic N) is 3. The predicted octanol–water partition coefficient (Wildman–Crippen LogP) is 2.71. The number of ether oxygens (including phenoxy) is 1. The molecule has 0 N–H and O–H groups in total. The maximum atomic E-state index is 13.1. The Balaban J connectivity index is 1.66. The minimum absolute atomic E-state index is 0.0914. The Bertz CT molecular complexity index is 1040. The Morgan fingerprint density at radius 3 is 2.69 bits per heavy atom. The predicted molar refractivity (Wildman–Crippen MR) is 120 cm³/mol. The molecule has 2 heterocycles. The third kappa shape index (κ3) is 5.76. The molecule has 0 spiro atoms. The number of benzene rings is 1. The average molecular weight is 462 g/mol. The minimum Gasteiger partial charge on any atom is -0.466 e. The summed E-state index contributed by atoms with van der Waals surface area (Å²) >= 11 is 1.21. The van der Waals surface area contributed by atoms with Gasteiger partial charge in [0.25, 0.3) is 5.56 Å². The molecule has 1 aliphatic rings. The molecule has 1 unspecified atom stereocenters. The van der Waals surface area contributed by atoms with Gasteiger partial charge in [0.2, 0.25) is 5.91 Å². The van der Waals surface area contributed by atoms with Gasteiger partial charge in [-0.05, 0) is 44.4 Å². The molecule has 3 rings (SSSR count). The Hall–Kier alpha value is -2.68. The van der Waals surface area contributed by atoms with Gasteiger partial charge in [-0.1, -0.05) is 23.9 Å². The van der Waals surface area contributed by atoms with Crippen LogP contribution in [0.15, 0.2) is 34.2 Å². The van der Waals surface area contributed by atoms with E-state index in [2.05, 4.69) is 4.98 Å². The summed E-state index contributed by atoms with van der Waals surface area (Å²) in [5.74, 6) is -0.823. The number of hydrogen-bond acceptors (Lipinski definition) is 6. The van der Waals surface area contributed by atoms with Crippen molar-refractivity contribution in [2.24, 2.45) is 13.0 Å². The molecule has 32 heavy (non-hydrogen) atoms. The van der Waals surface area contributed by atoms with Gasteiger partial charge in [0.1, 0.15) is 5.82 Å². The molecule has 0 aliphatic carbocycles. The molecule has 0 radical (unpaired) electrons. The van der Waals surface area contributed by atoms with Crippen molar-refractivity contribution < 1.29 is 18.7 Å². The van der Waals surface area contributed by atoms with E-state index in [1.54, 1.807) is 37.9 Å². The van der Waals surface area contributed by atoms with Crippen LogP contribution >= 0.6 is 11.8 Å². The first kappa shape index (κ1) is 24.0. The fourth-order valence-electron chi connectivity index (χ4n) is 3.74. The number of carbonyl (C=O) groups is 2. The third-order valence-electron chi connectivity index (χ3n) is 5.56. The maximum Gasteiger partial charge on any atom is 0.310 e. The fraction of sp³-hybridized carbons (Fsp3) is 0.478. The van der Waals surface area contributed by atoms with Gasteiger partial charge in [-0.25, -0.2) is 9.37 Å². The molecule has 1 fully saturated rings. The largest absolute Gasteiger partial charge is 0.466 e. The van der Waals surface area contributed by atoms with E-state index >= 15 is 0 Å². The number of hydrogen-bond donors (Lipinski definition) is 0. The van der Waals surface area contributed by atoms with Gasteiger partial charge in [0.15, 0.2) is 5.16 Å². The highest BCUT2D eigenvalue weighted by Crippen LogP contribution is 2.21. The van der Waals surface area contributed by atoms with Crippen LogP contribution in [0.25, 0.3) is 0 Å². The second-order valence-electron chi connectivity index (χ2n) is 7.85. The fourth-order valence-corrected chi connectivity index (χ4v) is 4.66. The van der Waals surface area contributed by atoms with Crippen LogP contribution in [0.2, 0.25) is 0 Å². The van der Waals surface area contributed by atoms with Gasteiger partial charge in [-0.15, -0.1) is 0 Å². The van der Waals surface area contributed by atoms with Crippen molar-refractivity contribution in [3.63, 3.8) is 0 Å². The lowest BCUT2D eigenvalue weighted by Gasteiger charge is -2.31. The number of rotatable bonds is 7. The summed E-state index contributed by atoms with van der Waals surface area (Å²) in [5, 5.41) is 0.461. The van der Waals surface area contributed by atoms with E-state index in [0.717, 1.165) is 18.4 Å². The van der Waals surface area contributed by atoms with Gasteiger partial charge in [0.05, 0.1) is 18.3 Å². The van der Waals surface area contributed by atoms with Gasteiger partial charge >= 0.3 is 5.97 Å². The molecule has 1 amide bonds. The lowest BCUT2D eigenvalue weighted by Crippen LogP contribution is -2.43. The molecule has 1 atom stereocenters. The molecule has 1 saturated heterocycles. The third-order valence-corrected chi connectivity index (χ3v) is 6.58. The monoisotopic (exact) mass is 461 g/mol. The minimum atomic E-state index is -0.324. The zero-order valence-corrected chi connectivity index (χ0v) is 19.4. The number of aryl methyl sites for hydroxylation is 1. The van der Waals surface area contributed by atoms with Crippen molar-refractivity contribution >= 4 is 23.6 Å². The first-order valence-corrected chi connectivity index (χ1v) is 11.7. The van der Waals surface area contributed by atoms with Gasteiger partial charge in [-0.3, -0.25) is 19.0 Å². The van der Waals surface area contributed by atoms with Gasteiger partial charge in [-0.2, -0.15) is 0 Å².